The average Bonchev–Trinajstić information content (AvgIpc) is 2.97. The summed E-state index contributed by atoms with van der Waals surface area (Å²) >= 11 is 0. The van der Waals surface area contributed by atoms with Crippen LogP contribution in [0.3, 0.4) is 0 Å². The highest BCUT2D eigenvalue weighted by molar-refractivity contribution is 5.93. The molecule has 0 saturated carbocycles. The summed E-state index contributed by atoms with van der Waals surface area (Å²) in [6.07, 6.45) is 1.37. The van der Waals surface area contributed by atoms with Crippen molar-refractivity contribution in [1.29, 1.82) is 0 Å². The lowest BCUT2D eigenvalue weighted by Gasteiger charge is -2.27. The minimum absolute atomic E-state index is 0.234. The third-order valence-electron chi connectivity index (χ3n) is 4.00. The number of aromatic nitrogens is 4. The van der Waals surface area contributed by atoms with Gasteiger partial charge in [-0.3, -0.25) is 9.89 Å². The standard InChI is InChI=1S/C16H17N7O2/c17-15-11-3-9(1-2-12(11)22-23-15)5-18-16(24)13-4-14(20-8-19-13)21-10-6-25-7-10/h1-4,8,10H,5-7H2,(H,18,24)(H3,17,22,23)(H,19,20,21). The van der Waals surface area contributed by atoms with Crippen LogP contribution in [0.15, 0.2) is 30.6 Å². The van der Waals surface area contributed by atoms with Crippen LogP contribution in [-0.4, -0.2) is 45.3 Å². The van der Waals surface area contributed by atoms with Gasteiger partial charge in [-0.25, -0.2) is 9.97 Å². The zero-order chi connectivity index (χ0) is 17.2. The number of rotatable bonds is 5. The molecule has 1 amide bonds. The zero-order valence-corrected chi connectivity index (χ0v) is 13.3. The maximum Gasteiger partial charge on any atom is 0.270 e. The number of aromatic amines is 1. The lowest BCUT2D eigenvalue weighted by molar-refractivity contribution is 0.0209. The van der Waals surface area contributed by atoms with E-state index >= 15 is 0 Å². The van der Waals surface area contributed by atoms with E-state index in [-0.39, 0.29) is 11.9 Å². The van der Waals surface area contributed by atoms with Gasteiger partial charge >= 0.3 is 0 Å². The summed E-state index contributed by atoms with van der Waals surface area (Å²) in [6, 6.07) is 7.55. The molecule has 5 N–H and O–H groups in total. The van der Waals surface area contributed by atoms with E-state index in [4.69, 9.17) is 10.5 Å². The van der Waals surface area contributed by atoms with Gasteiger partial charge in [0.1, 0.15) is 17.8 Å². The molecule has 0 atom stereocenters. The Morgan fingerprint density at radius 1 is 1.32 bits per heavy atom. The number of carbonyl (C=O) groups is 1. The van der Waals surface area contributed by atoms with Crippen molar-refractivity contribution in [3.63, 3.8) is 0 Å². The Kier molecular flexibility index (Phi) is 3.90. The fourth-order valence-electron chi connectivity index (χ4n) is 2.55. The lowest BCUT2D eigenvalue weighted by Crippen LogP contribution is -2.40. The van der Waals surface area contributed by atoms with Crippen LogP contribution < -0.4 is 16.4 Å². The zero-order valence-electron chi connectivity index (χ0n) is 13.3. The largest absolute Gasteiger partial charge is 0.382 e. The van der Waals surface area contributed by atoms with E-state index in [9.17, 15) is 4.79 Å². The minimum Gasteiger partial charge on any atom is -0.382 e. The normalized spacial score (nSPS) is 14.2. The Balaban J connectivity index is 1.42. The molecule has 1 fully saturated rings. The summed E-state index contributed by atoms with van der Waals surface area (Å²) in [5, 5.41) is 13.7. The maximum absolute atomic E-state index is 12.3. The Morgan fingerprint density at radius 2 is 2.20 bits per heavy atom. The molecule has 4 rings (SSSR count). The van der Waals surface area contributed by atoms with Crippen molar-refractivity contribution in [2.75, 3.05) is 24.3 Å². The Bertz CT molecular complexity index is 920. The number of H-pyrrole nitrogens is 1. The highest BCUT2D eigenvalue weighted by Gasteiger charge is 2.19. The fraction of sp³-hybridized carbons (Fsp3) is 0.250. The van der Waals surface area contributed by atoms with Crippen molar-refractivity contribution < 1.29 is 9.53 Å². The number of nitrogens with one attached hydrogen (secondary N) is 3. The smallest absolute Gasteiger partial charge is 0.270 e. The molecule has 0 aliphatic carbocycles. The van der Waals surface area contributed by atoms with Crippen LogP contribution in [0.5, 0.6) is 0 Å². The molecule has 128 valence electrons. The summed E-state index contributed by atoms with van der Waals surface area (Å²) in [4.78, 5) is 20.5. The van der Waals surface area contributed by atoms with Crippen LogP contribution >= 0.6 is 0 Å². The van der Waals surface area contributed by atoms with E-state index in [2.05, 4.69) is 30.8 Å². The predicted molar refractivity (Wildman–Crippen MR) is 91.9 cm³/mol. The molecule has 0 spiro atoms. The van der Waals surface area contributed by atoms with Crippen LogP contribution in [0.1, 0.15) is 16.1 Å². The van der Waals surface area contributed by atoms with Crippen molar-refractivity contribution in [3.05, 3.63) is 41.9 Å². The topological polar surface area (TPSA) is 131 Å². The van der Waals surface area contributed by atoms with Gasteiger partial charge in [-0.15, -0.1) is 0 Å². The molecular formula is C16H17N7O2. The summed E-state index contributed by atoms with van der Waals surface area (Å²) in [6.45, 7) is 1.65. The molecule has 0 bridgehead atoms. The summed E-state index contributed by atoms with van der Waals surface area (Å²) < 4.78 is 5.10. The first-order valence-electron chi connectivity index (χ1n) is 7.86. The van der Waals surface area contributed by atoms with E-state index in [1.165, 1.54) is 6.33 Å². The number of anilines is 2. The minimum atomic E-state index is -0.268. The van der Waals surface area contributed by atoms with Crippen molar-refractivity contribution in [2.45, 2.75) is 12.6 Å². The molecule has 9 nitrogen and oxygen atoms in total. The molecule has 9 heteroatoms. The first-order chi connectivity index (χ1) is 12.2. The van der Waals surface area contributed by atoms with Gasteiger partial charge < -0.3 is 21.1 Å². The number of nitrogens with two attached hydrogens (primary N) is 1. The van der Waals surface area contributed by atoms with Crippen LogP contribution in [0, 0.1) is 0 Å². The van der Waals surface area contributed by atoms with Gasteiger partial charge in [0.2, 0.25) is 0 Å². The van der Waals surface area contributed by atoms with Crippen LogP contribution in [-0.2, 0) is 11.3 Å². The van der Waals surface area contributed by atoms with Crippen LogP contribution in [0.2, 0.25) is 0 Å². The predicted octanol–water partition coefficient (Wildman–Crippen LogP) is 0.676. The molecular weight excluding hydrogens is 322 g/mol. The van der Waals surface area contributed by atoms with Crippen molar-refractivity contribution in [2.24, 2.45) is 0 Å². The number of carbonyl (C=O) groups excluding carboxylic acids is 1. The first kappa shape index (κ1) is 15.3. The number of amides is 1. The highest BCUT2D eigenvalue weighted by Crippen LogP contribution is 2.19. The highest BCUT2D eigenvalue weighted by atomic mass is 16.5. The third kappa shape index (κ3) is 3.22. The quantitative estimate of drug-likeness (QED) is 0.537. The lowest BCUT2D eigenvalue weighted by atomic mass is 10.1. The monoisotopic (exact) mass is 339 g/mol. The molecule has 1 aromatic carbocycles. The second-order valence-corrected chi connectivity index (χ2v) is 5.84. The second-order valence-electron chi connectivity index (χ2n) is 5.84. The molecule has 3 heterocycles. The maximum atomic E-state index is 12.3. The number of hydrogen-bond acceptors (Lipinski definition) is 7. The third-order valence-corrected chi connectivity index (χ3v) is 4.00. The van der Waals surface area contributed by atoms with Crippen LogP contribution in [0.4, 0.5) is 11.6 Å². The second kappa shape index (κ2) is 6.36. The SMILES string of the molecule is Nc1n[nH]c2ccc(CNC(=O)c3cc(NC4COC4)ncn3)cc12. The van der Waals surface area contributed by atoms with Crippen molar-refractivity contribution >= 4 is 28.4 Å². The summed E-state index contributed by atoms with van der Waals surface area (Å²) in [5.74, 6) is 0.784. The molecule has 1 saturated heterocycles. The fourth-order valence-corrected chi connectivity index (χ4v) is 2.55. The number of nitrogen functional groups attached to an aromatic ring is 1. The van der Waals surface area contributed by atoms with E-state index in [1.807, 2.05) is 18.2 Å². The van der Waals surface area contributed by atoms with Crippen molar-refractivity contribution in [1.82, 2.24) is 25.5 Å². The van der Waals surface area contributed by atoms with Gasteiger partial charge in [0, 0.05) is 18.0 Å². The van der Waals surface area contributed by atoms with Gasteiger partial charge in [-0.2, -0.15) is 5.10 Å². The molecule has 1 aliphatic heterocycles. The first-order valence-corrected chi connectivity index (χ1v) is 7.86. The molecule has 2 aromatic heterocycles. The number of hydrogen-bond donors (Lipinski definition) is 4. The number of ether oxygens (including phenoxy) is 1. The van der Waals surface area contributed by atoms with Gasteiger partial charge in [-0.1, -0.05) is 6.07 Å². The Hall–Kier alpha value is -3.20. The molecule has 3 aromatic rings. The molecule has 0 unspecified atom stereocenters. The number of benzene rings is 1. The van der Waals surface area contributed by atoms with E-state index in [1.54, 1.807) is 6.07 Å². The molecule has 1 aliphatic rings. The summed E-state index contributed by atoms with van der Waals surface area (Å²) in [7, 11) is 0. The Morgan fingerprint density at radius 3 is 3.00 bits per heavy atom. The average molecular weight is 339 g/mol. The van der Waals surface area contributed by atoms with Gasteiger partial charge in [0.25, 0.3) is 5.91 Å². The van der Waals surface area contributed by atoms with E-state index < -0.39 is 0 Å². The van der Waals surface area contributed by atoms with Gasteiger partial charge in [0.05, 0.1) is 24.8 Å². The van der Waals surface area contributed by atoms with Crippen LogP contribution in [0.25, 0.3) is 10.9 Å². The van der Waals surface area contributed by atoms with Gasteiger partial charge in [-0.05, 0) is 17.7 Å². The number of fused-ring (bicyclic) bond motifs is 1. The van der Waals surface area contributed by atoms with Crippen molar-refractivity contribution in [3.8, 4) is 0 Å². The van der Waals surface area contributed by atoms with E-state index in [0.29, 0.717) is 37.1 Å². The molecule has 0 radical (unpaired) electrons. The van der Waals surface area contributed by atoms with E-state index in [0.717, 1.165) is 16.5 Å². The molecule has 25 heavy (non-hydrogen) atoms. The Labute approximate surface area is 143 Å². The number of nitrogens with zero attached hydrogens (tertiary/aromatic N) is 3. The van der Waals surface area contributed by atoms with Gasteiger partial charge in [0.15, 0.2) is 5.82 Å². The summed E-state index contributed by atoms with van der Waals surface area (Å²) in [5.41, 5.74) is 7.89.